The van der Waals surface area contributed by atoms with Crippen LogP contribution < -0.4 is 0 Å². The van der Waals surface area contributed by atoms with Gasteiger partial charge >= 0.3 is 0 Å². The molecule has 0 saturated heterocycles. The molecule has 82 valence electrons. The number of phenols is 2. The highest BCUT2D eigenvalue weighted by Gasteiger charge is 2.10. The number of aromatic hydroxyl groups is 2. The third kappa shape index (κ3) is 2.72. The number of benzene rings is 1. The van der Waals surface area contributed by atoms with Crippen molar-refractivity contribution < 1.29 is 15.0 Å². The van der Waals surface area contributed by atoms with Crippen LogP contribution in [0.5, 0.6) is 11.5 Å². The van der Waals surface area contributed by atoms with Gasteiger partial charge in [0.25, 0.3) is 0 Å². The first-order valence-electron chi connectivity index (χ1n) is 5.19. The molecule has 15 heavy (non-hydrogen) atoms. The van der Waals surface area contributed by atoms with E-state index in [1.165, 1.54) is 6.07 Å². The van der Waals surface area contributed by atoms with E-state index in [2.05, 4.69) is 6.92 Å². The van der Waals surface area contributed by atoms with Crippen LogP contribution >= 0.6 is 0 Å². The number of carbonyl (C=O) groups excluding carboxylic acids is 1. The largest absolute Gasteiger partial charge is 0.507 e. The lowest BCUT2D eigenvalue weighted by molar-refractivity contribution is 0.111. The molecule has 0 heterocycles. The lowest BCUT2D eigenvalue weighted by Crippen LogP contribution is -1.91. The fourth-order valence-electron chi connectivity index (χ4n) is 1.53. The van der Waals surface area contributed by atoms with Crippen LogP contribution in [-0.2, 0) is 6.42 Å². The predicted octanol–water partition coefficient (Wildman–Crippen LogP) is 2.64. The van der Waals surface area contributed by atoms with Crippen molar-refractivity contribution in [2.45, 2.75) is 32.6 Å². The molecule has 3 nitrogen and oxygen atoms in total. The van der Waals surface area contributed by atoms with Crippen molar-refractivity contribution in [2.24, 2.45) is 0 Å². The number of carbonyl (C=O) groups is 1. The Balaban J connectivity index is 2.85. The van der Waals surface area contributed by atoms with Gasteiger partial charge in [0.05, 0.1) is 5.56 Å². The molecule has 0 radical (unpaired) electrons. The second-order valence-corrected chi connectivity index (χ2v) is 3.58. The average Bonchev–Trinajstić information content (AvgIpc) is 2.22. The zero-order chi connectivity index (χ0) is 11.3. The second-order valence-electron chi connectivity index (χ2n) is 3.58. The molecule has 0 fully saturated rings. The molecule has 0 aliphatic rings. The van der Waals surface area contributed by atoms with Gasteiger partial charge in [-0.15, -0.1) is 0 Å². The highest BCUT2D eigenvalue weighted by atomic mass is 16.3. The molecule has 1 aromatic carbocycles. The SMILES string of the molecule is CCCCCc1ccc(O)c(C=O)c1O. The van der Waals surface area contributed by atoms with Gasteiger partial charge in [-0.25, -0.2) is 0 Å². The van der Waals surface area contributed by atoms with Crippen LogP contribution in [0.1, 0.15) is 42.1 Å². The van der Waals surface area contributed by atoms with Gasteiger partial charge in [-0.2, -0.15) is 0 Å². The molecule has 0 bridgehead atoms. The normalized spacial score (nSPS) is 10.2. The van der Waals surface area contributed by atoms with Gasteiger partial charge in [-0.3, -0.25) is 4.79 Å². The first kappa shape index (κ1) is 11.6. The van der Waals surface area contributed by atoms with E-state index in [4.69, 9.17) is 0 Å². The Kier molecular flexibility index (Phi) is 4.16. The minimum Gasteiger partial charge on any atom is -0.507 e. The Bertz CT molecular complexity index is 345. The number of phenolic OH excluding ortho intramolecular Hbond substituents is 2. The van der Waals surface area contributed by atoms with Crippen LogP contribution in [0.4, 0.5) is 0 Å². The third-order valence-corrected chi connectivity index (χ3v) is 2.45. The predicted molar refractivity (Wildman–Crippen MR) is 58.4 cm³/mol. The Labute approximate surface area is 89.4 Å². The molecule has 0 aliphatic heterocycles. The van der Waals surface area contributed by atoms with E-state index in [1.54, 1.807) is 6.07 Å². The molecule has 0 saturated carbocycles. The molecule has 3 heteroatoms. The summed E-state index contributed by atoms with van der Waals surface area (Å²) in [5.74, 6) is -0.247. The van der Waals surface area contributed by atoms with Gasteiger partial charge in [0.2, 0.25) is 0 Å². The smallest absolute Gasteiger partial charge is 0.157 e. The van der Waals surface area contributed by atoms with E-state index in [0.29, 0.717) is 6.29 Å². The van der Waals surface area contributed by atoms with E-state index in [-0.39, 0.29) is 17.1 Å². The lowest BCUT2D eigenvalue weighted by atomic mass is 10.0. The molecule has 1 aromatic rings. The first-order valence-corrected chi connectivity index (χ1v) is 5.19. The molecule has 0 amide bonds. The number of aldehydes is 1. The fraction of sp³-hybridized carbons (Fsp3) is 0.417. The Morgan fingerprint density at radius 1 is 1.27 bits per heavy atom. The van der Waals surface area contributed by atoms with Crippen LogP contribution in [-0.4, -0.2) is 16.5 Å². The van der Waals surface area contributed by atoms with Crippen molar-refractivity contribution >= 4 is 6.29 Å². The van der Waals surface area contributed by atoms with E-state index < -0.39 is 0 Å². The van der Waals surface area contributed by atoms with Crippen LogP contribution in [0, 0.1) is 0 Å². The maximum absolute atomic E-state index is 10.6. The topological polar surface area (TPSA) is 57.5 Å². The average molecular weight is 208 g/mol. The molecule has 0 aromatic heterocycles. The second kappa shape index (κ2) is 5.39. The molecule has 0 atom stereocenters. The number of hydrogen-bond donors (Lipinski definition) is 2. The van der Waals surface area contributed by atoms with E-state index in [0.717, 1.165) is 31.2 Å². The molecular weight excluding hydrogens is 192 g/mol. The molecule has 0 aliphatic carbocycles. The third-order valence-electron chi connectivity index (χ3n) is 2.45. The summed E-state index contributed by atoms with van der Waals surface area (Å²) >= 11 is 0. The Morgan fingerprint density at radius 3 is 2.60 bits per heavy atom. The Morgan fingerprint density at radius 2 is 2.00 bits per heavy atom. The number of hydrogen-bond acceptors (Lipinski definition) is 3. The number of unbranched alkanes of at least 4 members (excludes halogenated alkanes) is 2. The minimum atomic E-state index is -0.165. The van der Waals surface area contributed by atoms with E-state index >= 15 is 0 Å². The molecule has 0 unspecified atom stereocenters. The molecule has 0 spiro atoms. The van der Waals surface area contributed by atoms with Crippen molar-refractivity contribution in [2.75, 3.05) is 0 Å². The monoisotopic (exact) mass is 208 g/mol. The highest BCUT2D eigenvalue weighted by Crippen LogP contribution is 2.29. The zero-order valence-electron chi connectivity index (χ0n) is 8.86. The lowest BCUT2D eigenvalue weighted by Gasteiger charge is -2.07. The Hall–Kier alpha value is -1.51. The van der Waals surface area contributed by atoms with Gasteiger partial charge in [0.15, 0.2) is 6.29 Å². The van der Waals surface area contributed by atoms with Crippen molar-refractivity contribution in [3.63, 3.8) is 0 Å². The highest BCUT2D eigenvalue weighted by molar-refractivity contribution is 5.84. The summed E-state index contributed by atoms with van der Waals surface area (Å²) in [6.45, 7) is 2.10. The van der Waals surface area contributed by atoms with Crippen molar-refractivity contribution in [1.29, 1.82) is 0 Å². The zero-order valence-corrected chi connectivity index (χ0v) is 8.86. The summed E-state index contributed by atoms with van der Waals surface area (Å²) in [5, 5.41) is 19.0. The number of rotatable bonds is 5. The summed E-state index contributed by atoms with van der Waals surface area (Å²) in [4.78, 5) is 10.6. The summed E-state index contributed by atoms with van der Waals surface area (Å²) in [6.07, 6.45) is 4.40. The molecule has 1 rings (SSSR count). The van der Waals surface area contributed by atoms with Gasteiger partial charge < -0.3 is 10.2 Å². The summed E-state index contributed by atoms with van der Waals surface area (Å²) in [6, 6.07) is 3.11. The van der Waals surface area contributed by atoms with Gasteiger partial charge in [-0.1, -0.05) is 25.8 Å². The first-order chi connectivity index (χ1) is 7.20. The van der Waals surface area contributed by atoms with Gasteiger partial charge in [0.1, 0.15) is 11.5 Å². The number of aryl methyl sites for hydroxylation is 1. The maximum Gasteiger partial charge on any atom is 0.157 e. The van der Waals surface area contributed by atoms with Crippen molar-refractivity contribution in [3.05, 3.63) is 23.3 Å². The van der Waals surface area contributed by atoms with Crippen LogP contribution in [0.3, 0.4) is 0 Å². The fourth-order valence-corrected chi connectivity index (χ4v) is 1.53. The van der Waals surface area contributed by atoms with Crippen LogP contribution in [0.15, 0.2) is 12.1 Å². The standard InChI is InChI=1S/C12H16O3/c1-2-3-4-5-9-6-7-11(14)10(8-13)12(9)15/h6-8,14-15H,2-5H2,1H3. The minimum absolute atomic E-state index is 0.0102. The quantitative estimate of drug-likeness (QED) is 0.577. The van der Waals surface area contributed by atoms with Gasteiger partial charge in [0, 0.05) is 0 Å². The summed E-state index contributed by atoms with van der Waals surface area (Å²) in [5.41, 5.74) is 0.715. The molecular formula is C12H16O3. The summed E-state index contributed by atoms with van der Waals surface area (Å²) in [7, 11) is 0. The van der Waals surface area contributed by atoms with Crippen LogP contribution in [0.2, 0.25) is 0 Å². The van der Waals surface area contributed by atoms with Crippen molar-refractivity contribution in [3.8, 4) is 11.5 Å². The molecule has 2 N–H and O–H groups in total. The van der Waals surface area contributed by atoms with E-state index in [9.17, 15) is 15.0 Å². The summed E-state index contributed by atoms with van der Waals surface area (Å²) < 4.78 is 0. The maximum atomic E-state index is 10.6. The van der Waals surface area contributed by atoms with Crippen molar-refractivity contribution in [1.82, 2.24) is 0 Å². The van der Waals surface area contributed by atoms with E-state index in [1.807, 2.05) is 0 Å². The van der Waals surface area contributed by atoms with Gasteiger partial charge in [-0.05, 0) is 24.5 Å². The van der Waals surface area contributed by atoms with Crippen LogP contribution in [0.25, 0.3) is 0 Å².